The third-order valence-electron chi connectivity index (χ3n) is 2.33. The standard InChI is InChI=1S/C11H8N4O2S/c16-7-3-1-2-4-8(7)18-10-6-5-9-12-13-11(17)15(9)14-10/h1-6,16H,(H,13,17). The van der Waals surface area contributed by atoms with E-state index >= 15 is 0 Å². The van der Waals surface area contributed by atoms with E-state index in [-0.39, 0.29) is 11.4 Å². The van der Waals surface area contributed by atoms with E-state index in [4.69, 9.17) is 0 Å². The third kappa shape index (κ3) is 1.84. The van der Waals surface area contributed by atoms with Crippen molar-refractivity contribution in [2.75, 3.05) is 0 Å². The first-order valence-electron chi connectivity index (χ1n) is 5.14. The molecule has 7 heteroatoms. The number of aromatic amines is 1. The number of nitrogens with one attached hydrogen (secondary N) is 1. The molecule has 3 aromatic rings. The van der Waals surface area contributed by atoms with Gasteiger partial charge in [-0.05, 0) is 24.3 Å². The molecule has 90 valence electrons. The Morgan fingerprint density at radius 3 is 2.89 bits per heavy atom. The summed E-state index contributed by atoms with van der Waals surface area (Å²) in [5.41, 5.74) is 0.0753. The molecule has 0 spiro atoms. The molecule has 0 aliphatic rings. The Kier molecular flexibility index (Phi) is 2.52. The Morgan fingerprint density at radius 1 is 1.22 bits per heavy atom. The molecule has 0 saturated carbocycles. The Morgan fingerprint density at radius 2 is 2.06 bits per heavy atom. The van der Waals surface area contributed by atoms with E-state index < -0.39 is 0 Å². The lowest BCUT2D eigenvalue weighted by Crippen LogP contribution is -2.12. The fraction of sp³-hybridized carbons (Fsp3) is 0. The van der Waals surface area contributed by atoms with Crippen LogP contribution in [-0.4, -0.2) is 24.9 Å². The first-order chi connectivity index (χ1) is 8.74. The largest absolute Gasteiger partial charge is 0.507 e. The predicted molar refractivity (Wildman–Crippen MR) is 65.8 cm³/mol. The van der Waals surface area contributed by atoms with Crippen molar-refractivity contribution in [1.82, 2.24) is 19.8 Å². The van der Waals surface area contributed by atoms with Gasteiger partial charge in [-0.25, -0.2) is 9.89 Å². The maximum absolute atomic E-state index is 11.4. The Balaban J connectivity index is 2.03. The molecule has 0 amide bonds. The molecule has 0 bridgehead atoms. The van der Waals surface area contributed by atoms with Crippen LogP contribution in [0.25, 0.3) is 5.65 Å². The first kappa shape index (κ1) is 10.8. The van der Waals surface area contributed by atoms with Crippen LogP contribution in [0, 0.1) is 0 Å². The van der Waals surface area contributed by atoms with E-state index in [2.05, 4.69) is 15.3 Å². The first-order valence-corrected chi connectivity index (χ1v) is 5.96. The van der Waals surface area contributed by atoms with Gasteiger partial charge in [0.1, 0.15) is 10.8 Å². The normalized spacial score (nSPS) is 10.9. The number of aromatic nitrogens is 4. The number of hydrogen-bond acceptors (Lipinski definition) is 5. The summed E-state index contributed by atoms with van der Waals surface area (Å²) in [6.45, 7) is 0. The van der Waals surface area contributed by atoms with E-state index in [1.807, 2.05) is 6.07 Å². The molecule has 0 fully saturated rings. The molecule has 6 nitrogen and oxygen atoms in total. The number of hydrogen-bond donors (Lipinski definition) is 2. The lowest BCUT2D eigenvalue weighted by atomic mass is 10.3. The highest BCUT2D eigenvalue weighted by Crippen LogP contribution is 2.32. The van der Waals surface area contributed by atoms with E-state index in [0.717, 1.165) is 0 Å². The lowest BCUT2D eigenvalue weighted by molar-refractivity contribution is 0.462. The van der Waals surface area contributed by atoms with Gasteiger partial charge in [0.15, 0.2) is 5.65 Å². The molecule has 2 aromatic heterocycles. The summed E-state index contributed by atoms with van der Waals surface area (Å²) in [7, 11) is 0. The van der Waals surface area contributed by atoms with Gasteiger partial charge in [0.05, 0.1) is 4.90 Å². The van der Waals surface area contributed by atoms with Gasteiger partial charge in [-0.1, -0.05) is 23.9 Å². The maximum atomic E-state index is 11.4. The van der Waals surface area contributed by atoms with Crippen LogP contribution in [0.15, 0.2) is 51.1 Å². The third-order valence-corrected chi connectivity index (χ3v) is 3.32. The molecule has 2 N–H and O–H groups in total. The van der Waals surface area contributed by atoms with Crippen LogP contribution in [0.2, 0.25) is 0 Å². The molecule has 0 saturated heterocycles. The monoisotopic (exact) mass is 260 g/mol. The van der Waals surface area contributed by atoms with Gasteiger partial charge in [0.25, 0.3) is 0 Å². The molecule has 0 aliphatic carbocycles. The number of H-pyrrole nitrogens is 1. The average Bonchev–Trinajstić information content (AvgIpc) is 2.74. The Labute approximate surface area is 105 Å². The Hall–Kier alpha value is -2.28. The summed E-state index contributed by atoms with van der Waals surface area (Å²) in [6, 6.07) is 10.4. The van der Waals surface area contributed by atoms with Crippen LogP contribution in [0.5, 0.6) is 5.75 Å². The van der Waals surface area contributed by atoms with Gasteiger partial charge in [-0.15, -0.1) is 0 Å². The minimum atomic E-state index is -0.385. The van der Waals surface area contributed by atoms with Crippen molar-refractivity contribution in [2.45, 2.75) is 9.92 Å². The molecular formula is C11H8N4O2S. The highest BCUT2D eigenvalue weighted by atomic mass is 32.2. The van der Waals surface area contributed by atoms with Crippen molar-refractivity contribution in [2.24, 2.45) is 0 Å². The molecule has 18 heavy (non-hydrogen) atoms. The number of phenolic OH excluding ortho intramolecular Hbond substituents is 1. The van der Waals surface area contributed by atoms with Crippen molar-refractivity contribution in [3.8, 4) is 5.75 Å². The van der Waals surface area contributed by atoms with E-state index in [9.17, 15) is 9.90 Å². The van der Waals surface area contributed by atoms with Gasteiger partial charge in [-0.3, -0.25) is 0 Å². The average molecular weight is 260 g/mol. The van der Waals surface area contributed by atoms with Crippen LogP contribution in [0.1, 0.15) is 0 Å². The smallest absolute Gasteiger partial charge is 0.364 e. The second kappa shape index (κ2) is 4.19. The number of para-hydroxylation sites is 1. The zero-order valence-electron chi connectivity index (χ0n) is 9.07. The van der Waals surface area contributed by atoms with Gasteiger partial charge < -0.3 is 5.11 Å². The maximum Gasteiger partial charge on any atom is 0.364 e. The van der Waals surface area contributed by atoms with Gasteiger partial charge in [0, 0.05) is 0 Å². The number of benzene rings is 1. The van der Waals surface area contributed by atoms with Crippen LogP contribution in [0.4, 0.5) is 0 Å². The second-order valence-electron chi connectivity index (χ2n) is 3.54. The molecular weight excluding hydrogens is 252 g/mol. The van der Waals surface area contributed by atoms with Crippen LogP contribution in [-0.2, 0) is 0 Å². The topological polar surface area (TPSA) is 83.3 Å². The van der Waals surface area contributed by atoms with E-state index in [0.29, 0.717) is 15.6 Å². The Bertz CT molecular complexity index is 765. The van der Waals surface area contributed by atoms with Crippen molar-refractivity contribution < 1.29 is 5.11 Å². The summed E-state index contributed by atoms with van der Waals surface area (Å²) >= 11 is 1.28. The zero-order chi connectivity index (χ0) is 12.5. The summed E-state index contributed by atoms with van der Waals surface area (Å²) < 4.78 is 1.18. The molecule has 3 rings (SSSR count). The molecule has 0 aliphatic heterocycles. The zero-order valence-corrected chi connectivity index (χ0v) is 9.89. The SMILES string of the molecule is O=c1[nH]nc2ccc(Sc3ccccc3O)nn12. The lowest BCUT2D eigenvalue weighted by Gasteiger charge is -2.02. The summed E-state index contributed by atoms with van der Waals surface area (Å²) in [5.74, 6) is 0.184. The molecule has 0 atom stereocenters. The van der Waals surface area contributed by atoms with E-state index in [1.165, 1.54) is 16.3 Å². The molecule has 0 unspecified atom stereocenters. The van der Waals surface area contributed by atoms with Crippen LogP contribution >= 0.6 is 11.8 Å². The minimum Gasteiger partial charge on any atom is -0.507 e. The molecule has 0 radical (unpaired) electrons. The number of fused-ring (bicyclic) bond motifs is 1. The van der Waals surface area contributed by atoms with Gasteiger partial charge in [-0.2, -0.15) is 14.7 Å². The van der Waals surface area contributed by atoms with Crippen molar-refractivity contribution in [3.63, 3.8) is 0 Å². The highest BCUT2D eigenvalue weighted by molar-refractivity contribution is 7.99. The number of nitrogens with zero attached hydrogens (tertiary/aromatic N) is 3. The van der Waals surface area contributed by atoms with E-state index in [1.54, 1.807) is 30.3 Å². The van der Waals surface area contributed by atoms with Crippen LogP contribution in [0.3, 0.4) is 0 Å². The number of aromatic hydroxyl groups is 1. The number of phenols is 1. The van der Waals surface area contributed by atoms with Crippen molar-refractivity contribution in [1.29, 1.82) is 0 Å². The summed E-state index contributed by atoms with van der Waals surface area (Å²) in [4.78, 5) is 12.1. The number of rotatable bonds is 2. The summed E-state index contributed by atoms with van der Waals surface area (Å²) in [5, 5.41) is 20.5. The summed E-state index contributed by atoms with van der Waals surface area (Å²) in [6.07, 6.45) is 0. The fourth-order valence-electron chi connectivity index (χ4n) is 1.50. The highest BCUT2D eigenvalue weighted by Gasteiger charge is 2.06. The quantitative estimate of drug-likeness (QED) is 0.725. The fourth-order valence-corrected chi connectivity index (χ4v) is 2.30. The van der Waals surface area contributed by atoms with Crippen molar-refractivity contribution in [3.05, 3.63) is 46.9 Å². The molecule has 1 aromatic carbocycles. The van der Waals surface area contributed by atoms with Gasteiger partial charge >= 0.3 is 5.69 Å². The van der Waals surface area contributed by atoms with Crippen LogP contribution < -0.4 is 5.69 Å². The predicted octanol–water partition coefficient (Wildman–Crippen LogP) is 1.27. The minimum absolute atomic E-state index is 0.184. The second-order valence-corrected chi connectivity index (χ2v) is 4.60. The van der Waals surface area contributed by atoms with Crippen molar-refractivity contribution >= 4 is 17.4 Å². The van der Waals surface area contributed by atoms with Gasteiger partial charge in [0.2, 0.25) is 0 Å². The molecule has 2 heterocycles.